The summed E-state index contributed by atoms with van der Waals surface area (Å²) in [4.78, 5) is 4.10. The maximum atomic E-state index is 8.79. The summed E-state index contributed by atoms with van der Waals surface area (Å²) < 4.78 is 2.12. The van der Waals surface area contributed by atoms with Crippen LogP contribution in [0.15, 0.2) is 43.0 Å². The molecule has 0 aliphatic rings. The van der Waals surface area contributed by atoms with Gasteiger partial charge in [-0.1, -0.05) is 25.5 Å². The summed E-state index contributed by atoms with van der Waals surface area (Å²) in [6.45, 7) is 2.17. The second kappa shape index (κ2) is 5.31. The number of hydrogen-bond donors (Lipinski definition) is 0. The van der Waals surface area contributed by atoms with Gasteiger partial charge in [0, 0.05) is 12.4 Å². The first-order valence-electron chi connectivity index (χ1n) is 5.82. The van der Waals surface area contributed by atoms with Crippen LogP contribution in [0.3, 0.4) is 0 Å². The molecule has 2 rings (SSSR count). The van der Waals surface area contributed by atoms with Crippen LogP contribution in [-0.4, -0.2) is 9.55 Å². The van der Waals surface area contributed by atoms with Crippen LogP contribution in [-0.2, 0) is 0 Å². The number of hydrogen-bond acceptors (Lipinski definition) is 2. The molecule has 2 aromatic rings. The zero-order valence-corrected chi connectivity index (χ0v) is 9.87. The minimum Gasteiger partial charge on any atom is -0.330 e. The van der Waals surface area contributed by atoms with E-state index in [1.807, 2.05) is 36.8 Å². The van der Waals surface area contributed by atoms with E-state index in [1.54, 1.807) is 6.20 Å². The van der Waals surface area contributed by atoms with E-state index < -0.39 is 0 Å². The highest BCUT2D eigenvalue weighted by Gasteiger charge is 2.11. The van der Waals surface area contributed by atoms with E-state index in [2.05, 4.69) is 22.5 Å². The van der Waals surface area contributed by atoms with Gasteiger partial charge in [0.05, 0.1) is 24.0 Å². The lowest BCUT2D eigenvalue weighted by atomic mass is 10.0. The van der Waals surface area contributed by atoms with E-state index in [0.717, 1.165) is 12.8 Å². The SMILES string of the molecule is CCCC(c1ccc(C#N)cc1)n1ccnc1. The highest BCUT2D eigenvalue weighted by Crippen LogP contribution is 2.23. The van der Waals surface area contributed by atoms with Crippen LogP contribution < -0.4 is 0 Å². The van der Waals surface area contributed by atoms with Gasteiger partial charge in [-0.2, -0.15) is 5.26 Å². The van der Waals surface area contributed by atoms with E-state index in [4.69, 9.17) is 5.26 Å². The van der Waals surface area contributed by atoms with Crippen molar-refractivity contribution in [3.05, 3.63) is 54.1 Å². The van der Waals surface area contributed by atoms with Crippen molar-refractivity contribution in [3.8, 4) is 6.07 Å². The molecule has 86 valence electrons. The third kappa shape index (κ3) is 2.54. The van der Waals surface area contributed by atoms with Crippen LogP contribution in [0.1, 0.15) is 36.9 Å². The van der Waals surface area contributed by atoms with E-state index in [0.29, 0.717) is 11.6 Å². The van der Waals surface area contributed by atoms with Crippen LogP contribution in [0.25, 0.3) is 0 Å². The molecular formula is C14H15N3. The minimum atomic E-state index is 0.315. The smallest absolute Gasteiger partial charge is 0.0991 e. The van der Waals surface area contributed by atoms with Gasteiger partial charge in [0.1, 0.15) is 0 Å². The van der Waals surface area contributed by atoms with Crippen molar-refractivity contribution in [2.24, 2.45) is 0 Å². The molecule has 1 heterocycles. The van der Waals surface area contributed by atoms with Crippen molar-refractivity contribution in [3.63, 3.8) is 0 Å². The van der Waals surface area contributed by atoms with E-state index >= 15 is 0 Å². The Kier molecular flexibility index (Phi) is 3.56. The molecule has 0 aliphatic heterocycles. The fourth-order valence-electron chi connectivity index (χ4n) is 1.99. The number of nitrogens with zero attached hydrogens (tertiary/aromatic N) is 3. The van der Waals surface area contributed by atoms with Crippen molar-refractivity contribution < 1.29 is 0 Å². The van der Waals surface area contributed by atoms with Crippen LogP contribution in [0.5, 0.6) is 0 Å². The number of aromatic nitrogens is 2. The van der Waals surface area contributed by atoms with Gasteiger partial charge >= 0.3 is 0 Å². The predicted octanol–water partition coefficient (Wildman–Crippen LogP) is 3.14. The van der Waals surface area contributed by atoms with E-state index in [-0.39, 0.29) is 0 Å². The Hall–Kier alpha value is -2.08. The third-order valence-corrected chi connectivity index (χ3v) is 2.87. The maximum Gasteiger partial charge on any atom is 0.0991 e. The first-order valence-corrected chi connectivity index (χ1v) is 5.82. The molecule has 1 aromatic carbocycles. The van der Waals surface area contributed by atoms with Crippen molar-refractivity contribution in [1.29, 1.82) is 5.26 Å². The molecule has 0 amide bonds. The minimum absolute atomic E-state index is 0.315. The Bertz CT molecular complexity index is 491. The van der Waals surface area contributed by atoms with Crippen molar-refractivity contribution in [2.45, 2.75) is 25.8 Å². The standard InChI is InChI=1S/C14H15N3/c1-2-3-14(17-9-8-16-11-17)13-6-4-12(10-15)5-7-13/h4-9,11,14H,2-3H2,1H3. The first-order chi connectivity index (χ1) is 8.35. The molecule has 0 saturated carbocycles. The monoisotopic (exact) mass is 225 g/mol. The maximum absolute atomic E-state index is 8.79. The Morgan fingerprint density at radius 3 is 2.65 bits per heavy atom. The number of benzene rings is 1. The van der Waals surface area contributed by atoms with E-state index in [9.17, 15) is 0 Å². The Morgan fingerprint density at radius 2 is 2.12 bits per heavy atom. The van der Waals surface area contributed by atoms with Gasteiger partial charge in [-0.3, -0.25) is 0 Å². The van der Waals surface area contributed by atoms with Gasteiger partial charge in [-0.05, 0) is 24.1 Å². The molecule has 0 spiro atoms. The zero-order chi connectivity index (χ0) is 12.1. The predicted molar refractivity (Wildman–Crippen MR) is 66.4 cm³/mol. The average Bonchev–Trinajstić information content (AvgIpc) is 2.90. The lowest BCUT2D eigenvalue weighted by molar-refractivity contribution is 0.532. The molecule has 1 atom stereocenters. The second-order valence-corrected chi connectivity index (χ2v) is 4.05. The van der Waals surface area contributed by atoms with Gasteiger partial charge < -0.3 is 4.57 Å². The van der Waals surface area contributed by atoms with Crippen LogP contribution >= 0.6 is 0 Å². The summed E-state index contributed by atoms with van der Waals surface area (Å²) in [6.07, 6.45) is 7.81. The first kappa shape index (κ1) is 11.4. The molecule has 0 bridgehead atoms. The Balaban J connectivity index is 2.30. The zero-order valence-electron chi connectivity index (χ0n) is 9.87. The summed E-state index contributed by atoms with van der Waals surface area (Å²) in [5, 5.41) is 8.79. The van der Waals surface area contributed by atoms with Crippen LogP contribution in [0, 0.1) is 11.3 Å². The molecule has 17 heavy (non-hydrogen) atoms. The van der Waals surface area contributed by atoms with Crippen LogP contribution in [0.4, 0.5) is 0 Å². The van der Waals surface area contributed by atoms with Crippen molar-refractivity contribution in [1.82, 2.24) is 9.55 Å². The Labute approximate surface area is 101 Å². The molecule has 3 heteroatoms. The number of nitriles is 1. The second-order valence-electron chi connectivity index (χ2n) is 4.05. The summed E-state index contributed by atoms with van der Waals surface area (Å²) in [5.74, 6) is 0. The van der Waals surface area contributed by atoms with Gasteiger partial charge in [0.2, 0.25) is 0 Å². The fourth-order valence-corrected chi connectivity index (χ4v) is 1.99. The molecule has 1 unspecified atom stereocenters. The molecule has 0 N–H and O–H groups in total. The highest BCUT2D eigenvalue weighted by atomic mass is 15.0. The van der Waals surface area contributed by atoms with Crippen molar-refractivity contribution in [2.75, 3.05) is 0 Å². The Morgan fingerprint density at radius 1 is 1.35 bits per heavy atom. The topological polar surface area (TPSA) is 41.6 Å². The molecule has 0 saturated heterocycles. The van der Waals surface area contributed by atoms with Gasteiger partial charge in [-0.25, -0.2) is 4.98 Å². The third-order valence-electron chi connectivity index (χ3n) is 2.87. The molecule has 0 aliphatic carbocycles. The quantitative estimate of drug-likeness (QED) is 0.802. The normalized spacial score (nSPS) is 12.0. The van der Waals surface area contributed by atoms with Crippen molar-refractivity contribution >= 4 is 0 Å². The molecule has 0 radical (unpaired) electrons. The molecule has 1 aromatic heterocycles. The van der Waals surface area contributed by atoms with Gasteiger partial charge in [0.15, 0.2) is 0 Å². The molecule has 3 nitrogen and oxygen atoms in total. The number of rotatable bonds is 4. The van der Waals surface area contributed by atoms with Crippen LogP contribution in [0.2, 0.25) is 0 Å². The van der Waals surface area contributed by atoms with Gasteiger partial charge in [0.25, 0.3) is 0 Å². The summed E-state index contributed by atoms with van der Waals surface area (Å²) in [7, 11) is 0. The number of imidazole rings is 1. The summed E-state index contributed by atoms with van der Waals surface area (Å²) >= 11 is 0. The fraction of sp³-hybridized carbons (Fsp3) is 0.286. The lowest BCUT2D eigenvalue weighted by Gasteiger charge is -2.18. The summed E-state index contributed by atoms with van der Waals surface area (Å²) in [6, 6.07) is 10.2. The largest absolute Gasteiger partial charge is 0.330 e. The molecular weight excluding hydrogens is 210 g/mol. The average molecular weight is 225 g/mol. The lowest BCUT2D eigenvalue weighted by Crippen LogP contribution is -2.08. The van der Waals surface area contributed by atoms with Gasteiger partial charge in [-0.15, -0.1) is 0 Å². The van der Waals surface area contributed by atoms with E-state index in [1.165, 1.54) is 5.56 Å². The summed E-state index contributed by atoms with van der Waals surface area (Å²) in [5.41, 5.74) is 1.93. The highest BCUT2D eigenvalue weighted by molar-refractivity contribution is 5.33. The molecule has 0 fully saturated rings.